The van der Waals surface area contributed by atoms with E-state index in [1.165, 1.54) is 11.8 Å². The van der Waals surface area contributed by atoms with Gasteiger partial charge in [-0.25, -0.2) is 0 Å². The number of ether oxygens (including phenoxy) is 1. The van der Waals surface area contributed by atoms with Crippen LogP contribution in [-0.4, -0.2) is 48.2 Å². The van der Waals surface area contributed by atoms with Crippen LogP contribution < -0.4 is 10.2 Å². The molecule has 2 heterocycles. The van der Waals surface area contributed by atoms with Crippen molar-refractivity contribution in [3.63, 3.8) is 0 Å². The second-order valence-electron chi connectivity index (χ2n) is 5.63. The zero-order valence-corrected chi connectivity index (χ0v) is 15.4. The first kappa shape index (κ1) is 18.0. The van der Waals surface area contributed by atoms with Gasteiger partial charge < -0.3 is 15.0 Å². The Hall–Kier alpha value is -1.83. The van der Waals surface area contributed by atoms with Crippen LogP contribution in [0.4, 0.5) is 11.5 Å². The third-order valence-electron chi connectivity index (χ3n) is 3.79. The smallest absolute Gasteiger partial charge is 0.234 e. The SMILES string of the molecule is Cc1ccc(Cl)cc1NC(=O)CSc1ccc(N2CCOCC2)nn1. The van der Waals surface area contributed by atoms with E-state index in [9.17, 15) is 4.79 Å². The number of morpholine rings is 1. The number of hydrogen-bond donors (Lipinski definition) is 1. The minimum absolute atomic E-state index is 0.102. The third-order valence-corrected chi connectivity index (χ3v) is 4.94. The molecule has 0 spiro atoms. The number of benzene rings is 1. The highest BCUT2D eigenvalue weighted by Crippen LogP contribution is 2.22. The van der Waals surface area contributed by atoms with Crippen molar-refractivity contribution in [1.29, 1.82) is 0 Å². The van der Waals surface area contributed by atoms with Crippen LogP contribution >= 0.6 is 23.4 Å². The largest absolute Gasteiger partial charge is 0.378 e. The molecule has 25 heavy (non-hydrogen) atoms. The summed E-state index contributed by atoms with van der Waals surface area (Å²) in [6, 6.07) is 9.24. The number of rotatable bonds is 5. The highest BCUT2D eigenvalue weighted by Gasteiger charge is 2.13. The molecule has 1 aromatic heterocycles. The topological polar surface area (TPSA) is 67.4 Å². The standard InChI is InChI=1S/C17H19ClN4O2S/c1-12-2-3-13(18)10-14(12)19-16(23)11-25-17-5-4-15(20-21-17)22-6-8-24-9-7-22/h2-5,10H,6-9,11H2,1H3,(H,19,23). The Labute approximate surface area is 155 Å². The average Bonchev–Trinajstić information content (AvgIpc) is 2.64. The Kier molecular flexibility index (Phi) is 6.12. The summed E-state index contributed by atoms with van der Waals surface area (Å²) in [5.41, 5.74) is 1.70. The van der Waals surface area contributed by atoms with Crippen molar-refractivity contribution >= 4 is 40.8 Å². The van der Waals surface area contributed by atoms with E-state index in [1.807, 2.05) is 25.1 Å². The number of carbonyl (C=O) groups is 1. The van der Waals surface area contributed by atoms with E-state index in [1.54, 1.807) is 12.1 Å². The maximum Gasteiger partial charge on any atom is 0.234 e. The van der Waals surface area contributed by atoms with Gasteiger partial charge in [-0.05, 0) is 36.8 Å². The summed E-state index contributed by atoms with van der Waals surface area (Å²) in [7, 11) is 0. The summed E-state index contributed by atoms with van der Waals surface area (Å²) in [6.45, 7) is 4.99. The van der Waals surface area contributed by atoms with Gasteiger partial charge in [0.05, 0.1) is 19.0 Å². The number of aryl methyl sites for hydroxylation is 1. The second kappa shape index (κ2) is 8.51. The van der Waals surface area contributed by atoms with Crippen LogP contribution in [0.5, 0.6) is 0 Å². The first-order valence-corrected chi connectivity index (χ1v) is 9.33. The zero-order chi connectivity index (χ0) is 17.6. The second-order valence-corrected chi connectivity index (χ2v) is 7.06. The molecule has 1 amide bonds. The Morgan fingerprint density at radius 1 is 1.28 bits per heavy atom. The first-order chi connectivity index (χ1) is 12.1. The van der Waals surface area contributed by atoms with Crippen LogP contribution in [0.3, 0.4) is 0 Å². The molecule has 0 bridgehead atoms. The number of nitrogens with one attached hydrogen (secondary N) is 1. The van der Waals surface area contributed by atoms with E-state index in [-0.39, 0.29) is 11.7 Å². The summed E-state index contributed by atoms with van der Waals surface area (Å²) >= 11 is 7.32. The van der Waals surface area contributed by atoms with Crippen LogP contribution in [0.1, 0.15) is 5.56 Å². The minimum Gasteiger partial charge on any atom is -0.378 e. The van der Waals surface area contributed by atoms with Gasteiger partial charge in [-0.2, -0.15) is 0 Å². The number of thioether (sulfide) groups is 1. The van der Waals surface area contributed by atoms with E-state index in [0.717, 1.165) is 35.2 Å². The molecule has 1 aliphatic heterocycles. The molecule has 8 heteroatoms. The molecule has 0 unspecified atom stereocenters. The number of nitrogens with zero attached hydrogens (tertiary/aromatic N) is 3. The molecule has 0 atom stereocenters. The van der Waals surface area contributed by atoms with Crippen molar-refractivity contribution in [3.8, 4) is 0 Å². The lowest BCUT2D eigenvalue weighted by molar-refractivity contribution is -0.113. The average molecular weight is 379 g/mol. The van der Waals surface area contributed by atoms with Gasteiger partial charge in [0.1, 0.15) is 5.03 Å². The monoisotopic (exact) mass is 378 g/mol. The Bertz CT molecular complexity index is 736. The number of halogens is 1. The van der Waals surface area contributed by atoms with Crippen molar-refractivity contribution in [3.05, 3.63) is 40.9 Å². The van der Waals surface area contributed by atoms with Crippen LogP contribution in [0.2, 0.25) is 5.02 Å². The zero-order valence-electron chi connectivity index (χ0n) is 13.9. The van der Waals surface area contributed by atoms with Gasteiger partial charge in [0.25, 0.3) is 0 Å². The molecule has 0 aliphatic carbocycles. The third kappa shape index (κ3) is 5.07. The van der Waals surface area contributed by atoms with Gasteiger partial charge in [0.15, 0.2) is 5.82 Å². The predicted molar refractivity (Wildman–Crippen MR) is 101 cm³/mol. The summed E-state index contributed by atoms with van der Waals surface area (Å²) < 4.78 is 5.33. The van der Waals surface area contributed by atoms with Gasteiger partial charge in [-0.15, -0.1) is 10.2 Å². The molecule has 3 rings (SSSR count). The van der Waals surface area contributed by atoms with Crippen molar-refractivity contribution < 1.29 is 9.53 Å². The van der Waals surface area contributed by atoms with Crippen molar-refractivity contribution in [2.45, 2.75) is 11.9 Å². The fourth-order valence-corrected chi connectivity index (χ4v) is 3.19. The highest BCUT2D eigenvalue weighted by molar-refractivity contribution is 7.99. The summed E-state index contributed by atoms with van der Waals surface area (Å²) in [6.07, 6.45) is 0. The molecule has 0 radical (unpaired) electrons. The molecular formula is C17H19ClN4O2S. The molecule has 0 saturated carbocycles. The van der Waals surface area contributed by atoms with Gasteiger partial charge >= 0.3 is 0 Å². The Morgan fingerprint density at radius 3 is 2.80 bits per heavy atom. The van der Waals surface area contributed by atoms with Gasteiger partial charge in [0.2, 0.25) is 5.91 Å². The van der Waals surface area contributed by atoms with Gasteiger partial charge in [0, 0.05) is 23.8 Å². The van der Waals surface area contributed by atoms with Crippen molar-refractivity contribution in [1.82, 2.24) is 10.2 Å². The molecule has 1 aliphatic rings. The maximum atomic E-state index is 12.1. The van der Waals surface area contributed by atoms with E-state index in [2.05, 4.69) is 20.4 Å². The van der Waals surface area contributed by atoms with Crippen molar-refractivity contribution in [2.75, 3.05) is 42.3 Å². The van der Waals surface area contributed by atoms with E-state index < -0.39 is 0 Å². The molecule has 1 saturated heterocycles. The number of carbonyl (C=O) groups excluding carboxylic acids is 1. The summed E-state index contributed by atoms with van der Waals surface area (Å²) in [5, 5.41) is 12.6. The van der Waals surface area contributed by atoms with Crippen LogP contribution in [-0.2, 0) is 9.53 Å². The minimum atomic E-state index is -0.102. The molecule has 1 aromatic carbocycles. The van der Waals surface area contributed by atoms with Crippen LogP contribution in [0, 0.1) is 6.92 Å². The Morgan fingerprint density at radius 2 is 2.08 bits per heavy atom. The summed E-state index contributed by atoms with van der Waals surface area (Å²) in [5.74, 6) is 0.999. The van der Waals surface area contributed by atoms with Crippen LogP contribution in [0.15, 0.2) is 35.4 Å². The maximum absolute atomic E-state index is 12.1. The van der Waals surface area contributed by atoms with E-state index >= 15 is 0 Å². The van der Waals surface area contributed by atoms with Crippen molar-refractivity contribution in [2.24, 2.45) is 0 Å². The highest BCUT2D eigenvalue weighted by atomic mass is 35.5. The fourth-order valence-electron chi connectivity index (χ4n) is 2.41. The first-order valence-electron chi connectivity index (χ1n) is 7.97. The number of hydrogen-bond acceptors (Lipinski definition) is 6. The molecular weight excluding hydrogens is 360 g/mol. The van der Waals surface area contributed by atoms with E-state index in [4.69, 9.17) is 16.3 Å². The Balaban J connectivity index is 1.52. The summed E-state index contributed by atoms with van der Waals surface area (Å²) in [4.78, 5) is 14.3. The quantitative estimate of drug-likeness (QED) is 0.807. The van der Waals surface area contributed by atoms with E-state index in [0.29, 0.717) is 18.2 Å². The number of aromatic nitrogens is 2. The number of amides is 1. The number of anilines is 2. The molecule has 2 aromatic rings. The lowest BCUT2D eigenvalue weighted by Crippen LogP contribution is -2.36. The fraction of sp³-hybridized carbons (Fsp3) is 0.353. The van der Waals surface area contributed by atoms with Gasteiger partial charge in [-0.1, -0.05) is 29.4 Å². The lowest BCUT2D eigenvalue weighted by atomic mass is 10.2. The normalized spacial score (nSPS) is 14.4. The predicted octanol–water partition coefficient (Wildman–Crippen LogP) is 3.01. The van der Waals surface area contributed by atoms with Gasteiger partial charge in [-0.3, -0.25) is 4.79 Å². The molecule has 132 valence electrons. The molecule has 6 nitrogen and oxygen atoms in total. The molecule has 1 fully saturated rings. The lowest BCUT2D eigenvalue weighted by Gasteiger charge is -2.27. The molecule has 1 N–H and O–H groups in total. The van der Waals surface area contributed by atoms with Crippen LogP contribution in [0.25, 0.3) is 0 Å².